The van der Waals surface area contributed by atoms with Crippen molar-refractivity contribution in [2.24, 2.45) is 11.1 Å². The molecule has 6 nitrogen and oxygen atoms in total. The molecule has 0 spiro atoms. The van der Waals surface area contributed by atoms with Gasteiger partial charge in [-0.2, -0.15) is 0 Å². The van der Waals surface area contributed by atoms with Crippen LogP contribution >= 0.6 is 11.5 Å². The van der Waals surface area contributed by atoms with Gasteiger partial charge in [-0.05, 0) is 18.1 Å². The number of amides is 1. The molecule has 3 N–H and O–H groups in total. The Balaban J connectivity index is 2.06. The highest BCUT2D eigenvalue weighted by Gasteiger charge is 2.40. The van der Waals surface area contributed by atoms with Crippen molar-refractivity contribution in [3.8, 4) is 0 Å². The van der Waals surface area contributed by atoms with Gasteiger partial charge in [0.25, 0.3) is 0 Å². The number of hydrogen-bond donors (Lipinski definition) is 2. The van der Waals surface area contributed by atoms with Crippen LogP contribution in [0.1, 0.15) is 25.7 Å². The number of carbonyl (C=O) groups excluding carboxylic acids is 1. The summed E-state index contributed by atoms with van der Waals surface area (Å²) in [7, 11) is 0. The van der Waals surface area contributed by atoms with E-state index in [0.717, 1.165) is 37.2 Å². The lowest BCUT2D eigenvalue weighted by Crippen LogP contribution is -2.40. The van der Waals surface area contributed by atoms with Crippen LogP contribution in [0, 0.1) is 5.41 Å². The molecule has 0 saturated heterocycles. The minimum Gasteiger partial charge on any atom is -0.329 e. The van der Waals surface area contributed by atoms with Crippen molar-refractivity contribution in [2.45, 2.75) is 25.7 Å². The van der Waals surface area contributed by atoms with Crippen molar-refractivity contribution in [1.82, 2.24) is 14.8 Å². The van der Waals surface area contributed by atoms with E-state index < -0.39 is 5.41 Å². The van der Waals surface area contributed by atoms with Gasteiger partial charge in [0.05, 0.1) is 5.41 Å². The first-order valence-electron chi connectivity index (χ1n) is 4.93. The molecule has 1 fully saturated rings. The van der Waals surface area contributed by atoms with Gasteiger partial charge in [0, 0.05) is 18.1 Å². The Morgan fingerprint density at radius 2 is 2.27 bits per heavy atom. The number of carbonyl (C=O) groups is 1. The molecule has 15 heavy (non-hydrogen) atoms. The fraction of sp³-hybridized carbons (Fsp3) is 0.750. The number of nitrogens with one attached hydrogen (secondary N) is 1. The Morgan fingerprint density at radius 3 is 2.80 bits per heavy atom. The van der Waals surface area contributed by atoms with Gasteiger partial charge in [-0.1, -0.05) is 22.4 Å². The van der Waals surface area contributed by atoms with Crippen molar-refractivity contribution in [2.75, 3.05) is 11.9 Å². The van der Waals surface area contributed by atoms with Gasteiger partial charge in [-0.15, -0.1) is 0 Å². The number of anilines is 1. The molecule has 0 aliphatic heterocycles. The summed E-state index contributed by atoms with van der Waals surface area (Å²) in [6, 6.07) is 0. The Labute approximate surface area is 91.4 Å². The molecule has 1 aliphatic carbocycles. The lowest BCUT2D eigenvalue weighted by atomic mass is 9.85. The van der Waals surface area contributed by atoms with Gasteiger partial charge in [0.2, 0.25) is 11.0 Å². The largest absolute Gasteiger partial charge is 0.329 e. The number of nitrogens with zero attached hydrogens (tertiary/aromatic N) is 3. The first-order valence-corrected chi connectivity index (χ1v) is 5.71. The maximum absolute atomic E-state index is 12.0. The van der Waals surface area contributed by atoms with Crippen LogP contribution in [-0.2, 0) is 4.79 Å². The molecule has 1 saturated carbocycles. The lowest BCUT2D eigenvalue weighted by molar-refractivity contribution is -0.124. The van der Waals surface area contributed by atoms with Crippen LogP contribution in [0.4, 0.5) is 5.13 Å². The van der Waals surface area contributed by atoms with E-state index in [1.54, 1.807) is 0 Å². The van der Waals surface area contributed by atoms with E-state index in [1.807, 2.05) is 0 Å². The first kappa shape index (κ1) is 10.4. The summed E-state index contributed by atoms with van der Waals surface area (Å²) in [5.41, 5.74) is 5.29. The molecule has 0 bridgehead atoms. The normalized spacial score (nSPS) is 19.0. The summed E-state index contributed by atoms with van der Waals surface area (Å²) in [5.74, 6) is -0.0407. The SMILES string of the molecule is NCC1(C(=O)Nc2nnns2)CCCC1. The highest BCUT2D eigenvalue weighted by atomic mass is 32.1. The van der Waals surface area contributed by atoms with Crippen LogP contribution in [0.2, 0.25) is 0 Å². The monoisotopic (exact) mass is 227 g/mol. The van der Waals surface area contributed by atoms with Gasteiger partial charge < -0.3 is 5.73 Å². The van der Waals surface area contributed by atoms with Crippen molar-refractivity contribution in [1.29, 1.82) is 0 Å². The number of nitrogens with two attached hydrogens (primary N) is 1. The van der Waals surface area contributed by atoms with E-state index >= 15 is 0 Å². The predicted octanol–water partition coefficient (Wildman–Crippen LogP) is 0.391. The summed E-state index contributed by atoms with van der Waals surface area (Å²) in [6.07, 6.45) is 3.86. The van der Waals surface area contributed by atoms with E-state index in [4.69, 9.17) is 5.73 Å². The van der Waals surface area contributed by atoms with Crippen molar-refractivity contribution in [3.05, 3.63) is 0 Å². The van der Waals surface area contributed by atoms with Crippen molar-refractivity contribution >= 4 is 22.6 Å². The summed E-state index contributed by atoms with van der Waals surface area (Å²) >= 11 is 1.07. The third-order valence-electron chi connectivity index (χ3n) is 2.95. The molecule has 0 unspecified atom stereocenters. The molecule has 0 atom stereocenters. The minimum absolute atomic E-state index is 0.0407. The van der Waals surface area contributed by atoms with Crippen LogP contribution in [0.15, 0.2) is 0 Å². The number of rotatable bonds is 3. The molecule has 1 heterocycles. The second kappa shape index (κ2) is 4.19. The van der Waals surface area contributed by atoms with Crippen LogP contribution < -0.4 is 11.1 Å². The highest BCUT2D eigenvalue weighted by Crippen LogP contribution is 2.38. The molecule has 1 aromatic heterocycles. The molecule has 82 valence electrons. The van der Waals surface area contributed by atoms with Gasteiger partial charge in [-0.25, -0.2) is 0 Å². The Hall–Kier alpha value is -1.08. The Kier molecular flexibility index (Phi) is 2.92. The summed E-state index contributed by atoms with van der Waals surface area (Å²) in [4.78, 5) is 12.0. The van der Waals surface area contributed by atoms with Crippen molar-refractivity contribution in [3.63, 3.8) is 0 Å². The lowest BCUT2D eigenvalue weighted by Gasteiger charge is -2.24. The maximum Gasteiger partial charge on any atom is 0.233 e. The smallest absolute Gasteiger partial charge is 0.233 e. The van der Waals surface area contributed by atoms with Gasteiger partial charge in [0.1, 0.15) is 0 Å². The summed E-state index contributed by atoms with van der Waals surface area (Å²) < 4.78 is 3.58. The van der Waals surface area contributed by atoms with E-state index in [9.17, 15) is 4.79 Å². The van der Waals surface area contributed by atoms with E-state index in [-0.39, 0.29) is 5.91 Å². The molecule has 1 amide bonds. The number of aromatic nitrogens is 3. The minimum atomic E-state index is -0.397. The predicted molar refractivity (Wildman–Crippen MR) is 56.3 cm³/mol. The molecule has 1 aliphatic rings. The van der Waals surface area contributed by atoms with Gasteiger partial charge in [0.15, 0.2) is 0 Å². The van der Waals surface area contributed by atoms with Crippen molar-refractivity contribution < 1.29 is 4.79 Å². The second-order valence-electron chi connectivity index (χ2n) is 3.81. The third kappa shape index (κ3) is 1.98. The maximum atomic E-state index is 12.0. The standard InChI is InChI=1S/C8H13N5OS/c9-5-8(3-1-2-4-8)6(14)10-7-11-12-13-15-7/h1-5,9H2,(H,10,11,13,14). The topological polar surface area (TPSA) is 93.8 Å². The molecule has 1 aromatic rings. The van der Waals surface area contributed by atoms with Crippen LogP contribution in [0.3, 0.4) is 0 Å². The average molecular weight is 227 g/mol. The first-order chi connectivity index (χ1) is 7.27. The average Bonchev–Trinajstić information content (AvgIpc) is 2.87. The third-order valence-corrected chi connectivity index (χ3v) is 3.46. The van der Waals surface area contributed by atoms with Gasteiger partial charge in [-0.3, -0.25) is 10.1 Å². The fourth-order valence-electron chi connectivity index (χ4n) is 1.99. The van der Waals surface area contributed by atoms with Gasteiger partial charge >= 0.3 is 0 Å². The van der Waals surface area contributed by atoms with E-state index in [2.05, 4.69) is 20.1 Å². The second-order valence-corrected chi connectivity index (χ2v) is 4.55. The zero-order valence-electron chi connectivity index (χ0n) is 8.27. The molecular formula is C8H13N5OS. The Morgan fingerprint density at radius 1 is 1.53 bits per heavy atom. The highest BCUT2D eigenvalue weighted by molar-refractivity contribution is 7.09. The molecular weight excluding hydrogens is 214 g/mol. The molecule has 2 rings (SSSR count). The quantitative estimate of drug-likeness (QED) is 0.779. The molecule has 7 heteroatoms. The zero-order valence-corrected chi connectivity index (χ0v) is 9.09. The molecule has 0 radical (unpaired) electrons. The summed E-state index contributed by atoms with van der Waals surface area (Å²) in [5, 5.41) is 10.3. The van der Waals surface area contributed by atoms with Crippen LogP contribution in [-0.4, -0.2) is 27.3 Å². The molecule has 0 aromatic carbocycles. The number of hydrogen-bond acceptors (Lipinski definition) is 6. The van der Waals surface area contributed by atoms with Crippen LogP contribution in [0.25, 0.3) is 0 Å². The zero-order chi connectivity index (χ0) is 10.7. The fourth-order valence-corrected chi connectivity index (χ4v) is 2.35. The summed E-state index contributed by atoms with van der Waals surface area (Å²) in [6.45, 7) is 0.394. The van der Waals surface area contributed by atoms with E-state index in [0.29, 0.717) is 11.7 Å². The Bertz CT molecular complexity index is 333. The van der Waals surface area contributed by atoms with E-state index in [1.165, 1.54) is 0 Å². The van der Waals surface area contributed by atoms with Crippen LogP contribution in [0.5, 0.6) is 0 Å².